The van der Waals surface area contributed by atoms with Crippen LogP contribution >= 0.6 is 0 Å². The number of anilines is 1. The van der Waals surface area contributed by atoms with E-state index < -0.39 is 34.3 Å². The fraction of sp³-hybridized carbons (Fsp3) is 0.286. The molecule has 0 bridgehead atoms. The van der Waals surface area contributed by atoms with Crippen LogP contribution in [0, 0.1) is 5.82 Å². The lowest BCUT2D eigenvalue weighted by atomic mass is 10.1. The molecule has 0 aliphatic carbocycles. The zero-order valence-electron chi connectivity index (χ0n) is 21.6. The Bertz CT molecular complexity index is 1330. The predicted octanol–water partition coefficient (Wildman–Crippen LogP) is 3.97. The van der Waals surface area contributed by atoms with Crippen molar-refractivity contribution >= 4 is 27.5 Å². The number of nitrogens with zero attached hydrogens (tertiary/aromatic N) is 2. The maximum absolute atomic E-state index is 13.9. The fourth-order valence-electron chi connectivity index (χ4n) is 4.01. The van der Waals surface area contributed by atoms with Crippen LogP contribution in [0.25, 0.3) is 0 Å². The highest BCUT2D eigenvalue weighted by Gasteiger charge is 2.33. The molecule has 2 amide bonds. The van der Waals surface area contributed by atoms with Crippen molar-refractivity contribution in [3.8, 4) is 5.75 Å². The van der Waals surface area contributed by atoms with Gasteiger partial charge in [-0.05, 0) is 55.3 Å². The van der Waals surface area contributed by atoms with Crippen molar-refractivity contribution < 1.29 is 27.1 Å². The minimum Gasteiger partial charge on any atom is -0.497 e. The number of amides is 2. The summed E-state index contributed by atoms with van der Waals surface area (Å²) in [6.07, 6.45) is 0.295. The number of rotatable bonds is 12. The lowest BCUT2D eigenvalue weighted by molar-refractivity contribution is -0.140. The molecule has 8 nitrogen and oxygen atoms in total. The molecule has 1 N–H and O–H groups in total. The maximum atomic E-state index is 13.9. The molecule has 0 saturated carbocycles. The van der Waals surface area contributed by atoms with Crippen LogP contribution in [0.3, 0.4) is 0 Å². The van der Waals surface area contributed by atoms with E-state index in [1.165, 1.54) is 54.5 Å². The van der Waals surface area contributed by atoms with Crippen molar-refractivity contribution in [1.82, 2.24) is 10.2 Å². The Labute approximate surface area is 223 Å². The number of nitrogens with one attached hydrogen (secondary N) is 1. The van der Waals surface area contributed by atoms with E-state index in [1.807, 2.05) is 0 Å². The molecular formula is C28H32FN3O5S. The summed E-state index contributed by atoms with van der Waals surface area (Å²) < 4.78 is 47.3. The largest absolute Gasteiger partial charge is 0.497 e. The van der Waals surface area contributed by atoms with Crippen LogP contribution < -0.4 is 14.4 Å². The van der Waals surface area contributed by atoms with E-state index in [0.29, 0.717) is 24.3 Å². The Morgan fingerprint density at radius 2 is 1.66 bits per heavy atom. The van der Waals surface area contributed by atoms with Crippen molar-refractivity contribution in [2.75, 3.05) is 24.5 Å². The van der Waals surface area contributed by atoms with Gasteiger partial charge in [0, 0.05) is 19.2 Å². The first-order valence-corrected chi connectivity index (χ1v) is 13.7. The van der Waals surface area contributed by atoms with E-state index >= 15 is 0 Å². The van der Waals surface area contributed by atoms with Gasteiger partial charge in [-0.1, -0.05) is 43.3 Å². The van der Waals surface area contributed by atoms with Gasteiger partial charge in [-0.2, -0.15) is 0 Å². The molecule has 1 atom stereocenters. The number of hydrogen-bond donors (Lipinski definition) is 1. The Morgan fingerprint density at radius 3 is 2.26 bits per heavy atom. The monoisotopic (exact) mass is 541 g/mol. The molecule has 0 heterocycles. The summed E-state index contributed by atoms with van der Waals surface area (Å²) in [7, 11) is -2.71. The second kappa shape index (κ2) is 13.0. The normalized spacial score (nSPS) is 11.9. The molecular weight excluding hydrogens is 509 g/mol. The van der Waals surface area contributed by atoms with E-state index in [-0.39, 0.29) is 23.0 Å². The predicted molar refractivity (Wildman–Crippen MR) is 144 cm³/mol. The van der Waals surface area contributed by atoms with Gasteiger partial charge in [0.1, 0.15) is 24.2 Å². The van der Waals surface area contributed by atoms with Gasteiger partial charge in [0.25, 0.3) is 10.0 Å². The van der Waals surface area contributed by atoms with Crippen molar-refractivity contribution in [1.29, 1.82) is 0 Å². The molecule has 3 aromatic carbocycles. The molecule has 38 heavy (non-hydrogen) atoms. The first-order chi connectivity index (χ1) is 18.2. The Hall–Kier alpha value is -3.92. The quantitative estimate of drug-likeness (QED) is 0.374. The van der Waals surface area contributed by atoms with E-state index in [2.05, 4.69) is 5.32 Å². The van der Waals surface area contributed by atoms with Gasteiger partial charge in [0.15, 0.2) is 0 Å². The molecule has 0 saturated heterocycles. The SMILES string of the molecule is CCNC(=O)C(CC)N(Cc1ccc(F)cc1)C(=O)CN(c1cccc(OC)c1)S(=O)(=O)c1ccccc1. The van der Waals surface area contributed by atoms with Crippen molar-refractivity contribution in [3.05, 3.63) is 90.2 Å². The van der Waals surface area contributed by atoms with Crippen LogP contribution in [-0.4, -0.2) is 51.4 Å². The van der Waals surface area contributed by atoms with Gasteiger partial charge in [0.2, 0.25) is 11.8 Å². The number of sulfonamides is 1. The zero-order chi connectivity index (χ0) is 27.7. The smallest absolute Gasteiger partial charge is 0.264 e. The number of likely N-dealkylation sites (N-methyl/N-ethyl adjacent to an activating group) is 1. The Morgan fingerprint density at radius 1 is 0.974 bits per heavy atom. The fourth-order valence-corrected chi connectivity index (χ4v) is 5.44. The van der Waals surface area contributed by atoms with Gasteiger partial charge in [-0.25, -0.2) is 12.8 Å². The number of carbonyl (C=O) groups is 2. The minimum atomic E-state index is -4.17. The standard InChI is InChI=1S/C28H32FN3O5S/c1-4-26(28(34)30-5-2)31(19-21-14-16-22(29)17-15-21)27(33)20-32(23-10-9-11-24(18-23)37-3)38(35,36)25-12-7-6-8-13-25/h6-18,26H,4-5,19-20H2,1-3H3,(H,30,34). The van der Waals surface area contributed by atoms with Gasteiger partial charge in [0.05, 0.1) is 17.7 Å². The third-order valence-electron chi connectivity index (χ3n) is 5.95. The highest BCUT2D eigenvalue weighted by molar-refractivity contribution is 7.92. The summed E-state index contributed by atoms with van der Waals surface area (Å²) in [5, 5.41) is 2.74. The topological polar surface area (TPSA) is 96.0 Å². The van der Waals surface area contributed by atoms with E-state index in [4.69, 9.17) is 4.74 Å². The molecule has 10 heteroatoms. The third-order valence-corrected chi connectivity index (χ3v) is 7.74. The number of methoxy groups -OCH3 is 1. The lowest BCUT2D eigenvalue weighted by Crippen LogP contribution is -2.52. The minimum absolute atomic E-state index is 0.00785. The Balaban J connectivity index is 2.06. The third kappa shape index (κ3) is 6.89. The van der Waals surface area contributed by atoms with Gasteiger partial charge >= 0.3 is 0 Å². The summed E-state index contributed by atoms with van der Waals surface area (Å²) >= 11 is 0. The number of benzene rings is 3. The van der Waals surface area contributed by atoms with Gasteiger partial charge in [-0.15, -0.1) is 0 Å². The number of halogens is 1. The van der Waals surface area contributed by atoms with Crippen molar-refractivity contribution in [3.63, 3.8) is 0 Å². The van der Waals surface area contributed by atoms with Crippen LogP contribution in [-0.2, 0) is 26.2 Å². The number of hydrogen-bond acceptors (Lipinski definition) is 5. The number of carbonyl (C=O) groups excluding carboxylic acids is 2. The summed E-state index contributed by atoms with van der Waals surface area (Å²) in [5.74, 6) is -0.959. The van der Waals surface area contributed by atoms with Crippen LogP contribution in [0.2, 0.25) is 0 Å². The van der Waals surface area contributed by atoms with Crippen molar-refractivity contribution in [2.45, 2.75) is 37.8 Å². The number of ether oxygens (including phenoxy) is 1. The highest BCUT2D eigenvalue weighted by atomic mass is 32.2. The maximum Gasteiger partial charge on any atom is 0.264 e. The Kier molecular flexibility index (Phi) is 9.84. The summed E-state index contributed by atoms with van der Waals surface area (Å²) in [6, 6.07) is 18.9. The van der Waals surface area contributed by atoms with Crippen LogP contribution in [0.15, 0.2) is 83.8 Å². The second-order valence-electron chi connectivity index (χ2n) is 8.49. The van der Waals surface area contributed by atoms with Crippen LogP contribution in [0.1, 0.15) is 25.8 Å². The average Bonchev–Trinajstić information content (AvgIpc) is 2.93. The first-order valence-electron chi connectivity index (χ1n) is 12.2. The summed E-state index contributed by atoms with van der Waals surface area (Å²) in [6.45, 7) is 3.33. The van der Waals surface area contributed by atoms with Gasteiger partial charge < -0.3 is 15.0 Å². The lowest BCUT2D eigenvalue weighted by Gasteiger charge is -2.33. The van der Waals surface area contributed by atoms with Crippen LogP contribution in [0.5, 0.6) is 5.75 Å². The van der Waals surface area contributed by atoms with Crippen molar-refractivity contribution in [2.24, 2.45) is 0 Å². The van der Waals surface area contributed by atoms with Gasteiger partial charge in [-0.3, -0.25) is 13.9 Å². The van der Waals surface area contributed by atoms with Crippen LogP contribution in [0.4, 0.5) is 10.1 Å². The summed E-state index contributed by atoms with van der Waals surface area (Å²) in [5.41, 5.74) is 0.829. The molecule has 0 fully saturated rings. The van der Waals surface area contributed by atoms with E-state index in [9.17, 15) is 22.4 Å². The van der Waals surface area contributed by atoms with E-state index in [0.717, 1.165) is 4.31 Å². The molecule has 0 spiro atoms. The molecule has 3 aromatic rings. The molecule has 0 aliphatic heterocycles. The molecule has 0 aliphatic rings. The van der Waals surface area contributed by atoms with E-state index in [1.54, 1.807) is 50.2 Å². The molecule has 1 unspecified atom stereocenters. The summed E-state index contributed by atoms with van der Waals surface area (Å²) in [4.78, 5) is 28.1. The molecule has 3 rings (SSSR count). The second-order valence-corrected chi connectivity index (χ2v) is 10.4. The first kappa shape index (κ1) is 28.6. The average molecular weight is 542 g/mol. The molecule has 0 aromatic heterocycles. The molecule has 0 radical (unpaired) electrons. The highest BCUT2D eigenvalue weighted by Crippen LogP contribution is 2.27. The molecule has 202 valence electrons. The zero-order valence-corrected chi connectivity index (χ0v) is 22.4.